The number of urea groups is 1. The van der Waals surface area contributed by atoms with Crippen molar-refractivity contribution in [3.63, 3.8) is 0 Å². The van der Waals surface area contributed by atoms with Gasteiger partial charge >= 0.3 is 6.03 Å². The van der Waals surface area contributed by atoms with Crippen LogP contribution in [0.2, 0.25) is 5.02 Å². The average molecular weight is 486 g/mol. The first-order chi connectivity index (χ1) is 15.9. The van der Waals surface area contributed by atoms with Crippen LogP contribution in [-0.2, 0) is 4.79 Å². The Balaban J connectivity index is 1.91. The summed E-state index contributed by atoms with van der Waals surface area (Å²) in [7, 11) is 0. The number of aromatic nitrogens is 2. The number of halogens is 2. The summed E-state index contributed by atoms with van der Waals surface area (Å²) in [6.45, 7) is 9.13. The largest absolute Gasteiger partial charge is 0.333 e. The Morgan fingerprint density at radius 1 is 1.15 bits per heavy atom. The van der Waals surface area contributed by atoms with Crippen LogP contribution in [0, 0.1) is 5.82 Å². The minimum Gasteiger partial charge on any atom is -0.333 e. The Morgan fingerprint density at radius 3 is 2.41 bits per heavy atom. The number of nitrogens with zero attached hydrogens (tertiary/aromatic N) is 3. The SMILES string of the molecule is CC(C)N(CC(=O)Nc1nc(-c2ccccc2)cn1-c1ccc(F)c(Cl)c1)C(=O)NC(C)(C)C. The summed E-state index contributed by atoms with van der Waals surface area (Å²) in [5, 5.41) is 5.62. The standard InChI is InChI=1S/C25H29ClFN5O2/c1-16(2)31(24(34)30-25(3,4)5)15-22(33)29-23-28-21(17-9-7-6-8-10-17)14-32(23)18-11-12-20(27)19(26)13-18/h6-14,16H,15H2,1-5H3,(H,30,34)(H,28,29,33). The highest BCUT2D eigenvalue weighted by molar-refractivity contribution is 6.30. The number of carbonyl (C=O) groups excluding carboxylic acids is 2. The van der Waals surface area contributed by atoms with Gasteiger partial charge in [0.15, 0.2) is 0 Å². The van der Waals surface area contributed by atoms with E-state index in [0.717, 1.165) is 5.56 Å². The number of benzene rings is 2. The summed E-state index contributed by atoms with van der Waals surface area (Å²) < 4.78 is 15.4. The predicted octanol–water partition coefficient (Wildman–Crippen LogP) is 5.49. The van der Waals surface area contributed by atoms with Crippen molar-refractivity contribution in [1.29, 1.82) is 0 Å². The molecule has 2 aromatic carbocycles. The predicted molar refractivity (Wildman–Crippen MR) is 133 cm³/mol. The summed E-state index contributed by atoms with van der Waals surface area (Å²) in [5.74, 6) is -0.735. The molecule has 9 heteroatoms. The second kappa shape index (κ2) is 10.3. The topological polar surface area (TPSA) is 79.3 Å². The molecule has 0 aliphatic heterocycles. The first kappa shape index (κ1) is 25.2. The van der Waals surface area contributed by atoms with Crippen molar-refractivity contribution in [3.05, 3.63) is 65.6 Å². The molecule has 0 unspecified atom stereocenters. The Bertz CT molecular complexity index is 1170. The molecule has 0 aliphatic carbocycles. The van der Waals surface area contributed by atoms with Crippen LogP contribution in [0.1, 0.15) is 34.6 Å². The van der Waals surface area contributed by atoms with E-state index >= 15 is 0 Å². The summed E-state index contributed by atoms with van der Waals surface area (Å²) in [4.78, 5) is 31.7. The molecule has 0 saturated heterocycles. The van der Waals surface area contributed by atoms with Gasteiger partial charge < -0.3 is 10.2 Å². The Hall–Kier alpha value is -3.39. The maximum absolute atomic E-state index is 13.7. The zero-order valence-corrected chi connectivity index (χ0v) is 20.7. The van der Waals surface area contributed by atoms with Crippen molar-refractivity contribution in [2.24, 2.45) is 0 Å². The van der Waals surface area contributed by atoms with Crippen molar-refractivity contribution in [2.45, 2.75) is 46.2 Å². The summed E-state index contributed by atoms with van der Waals surface area (Å²) in [6, 6.07) is 13.2. The lowest BCUT2D eigenvalue weighted by Crippen LogP contribution is -2.52. The van der Waals surface area contributed by atoms with Gasteiger partial charge in [0.25, 0.3) is 0 Å². The minimum atomic E-state index is -0.545. The van der Waals surface area contributed by atoms with Gasteiger partial charge in [0.1, 0.15) is 12.4 Å². The third-order valence-corrected chi connectivity index (χ3v) is 5.18. The highest BCUT2D eigenvalue weighted by Gasteiger charge is 2.25. The third-order valence-electron chi connectivity index (χ3n) is 4.89. The normalized spacial score (nSPS) is 11.4. The molecule has 180 valence electrons. The highest BCUT2D eigenvalue weighted by atomic mass is 35.5. The van der Waals surface area contributed by atoms with E-state index in [2.05, 4.69) is 15.6 Å². The van der Waals surface area contributed by atoms with Crippen molar-refractivity contribution in [2.75, 3.05) is 11.9 Å². The van der Waals surface area contributed by atoms with Gasteiger partial charge in [-0.05, 0) is 52.8 Å². The number of imidazole rings is 1. The first-order valence-electron chi connectivity index (χ1n) is 10.9. The summed E-state index contributed by atoms with van der Waals surface area (Å²) in [5.41, 5.74) is 1.55. The van der Waals surface area contributed by atoms with Crippen LogP contribution in [0.25, 0.3) is 16.9 Å². The van der Waals surface area contributed by atoms with E-state index in [9.17, 15) is 14.0 Å². The fourth-order valence-corrected chi connectivity index (χ4v) is 3.42. The van der Waals surface area contributed by atoms with Crippen molar-refractivity contribution < 1.29 is 14.0 Å². The lowest BCUT2D eigenvalue weighted by atomic mass is 10.1. The molecule has 3 rings (SSSR count). The number of rotatable bonds is 6. The van der Waals surface area contributed by atoms with Crippen LogP contribution >= 0.6 is 11.6 Å². The zero-order valence-electron chi connectivity index (χ0n) is 19.9. The van der Waals surface area contributed by atoms with E-state index in [0.29, 0.717) is 11.4 Å². The molecule has 1 heterocycles. The smallest absolute Gasteiger partial charge is 0.318 e. The summed E-state index contributed by atoms with van der Waals surface area (Å²) >= 11 is 5.99. The lowest BCUT2D eigenvalue weighted by molar-refractivity contribution is -0.117. The Kier molecular flexibility index (Phi) is 7.61. The Morgan fingerprint density at radius 2 is 1.82 bits per heavy atom. The van der Waals surface area contributed by atoms with Crippen LogP contribution in [-0.4, -0.2) is 44.5 Å². The quantitative estimate of drug-likeness (QED) is 0.484. The lowest BCUT2D eigenvalue weighted by Gasteiger charge is -2.30. The molecule has 0 atom stereocenters. The molecule has 3 aromatic rings. The van der Waals surface area contributed by atoms with Gasteiger partial charge in [0.05, 0.1) is 16.4 Å². The number of carbonyl (C=O) groups is 2. The molecule has 0 saturated carbocycles. The monoisotopic (exact) mass is 485 g/mol. The van der Waals surface area contributed by atoms with Gasteiger partial charge in [-0.2, -0.15) is 0 Å². The number of amides is 3. The van der Waals surface area contributed by atoms with Gasteiger partial charge in [-0.3, -0.25) is 14.7 Å². The number of anilines is 1. The summed E-state index contributed by atoms with van der Waals surface area (Å²) in [6.07, 6.45) is 1.74. The van der Waals surface area contributed by atoms with Gasteiger partial charge in [0, 0.05) is 23.3 Å². The number of nitrogens with one attached hydrogen (secondary N) is 2. The molecule has 0 bridgehead atoms. The second-order valence-electron chi connectivity index (χ2n) is 9.23. The molecule has 34 heavy (non-hydrogen) atoms. The third kappa shape index (κ3) is 6.35. The first-order valence-corrected chi connectivity index (χ1v) is 11.3. The maximum atomic E-state index is 13.7. The van der Waals surface area contributed by atoms with Gasteiger partial charge in [-0.15, -0.1) is 0 Å². The second-order valence-corrected chi connectivity index (χ2v) is 9.64. The molecule has 3 amide bonds. The molecule has 2 N–H and O–H groups in total. The van der Waals surface area contributed by atoms with Crippen LogP contribution < -0.4 is 10.6 Å². The van der Waals surface area contributed by atoms with E-state index < -0.39 is 17.3 Å². The van der Waals surface area contributed by atoms with Crippen LogP contribution in [0.4, 0.5) is 15.1 Å². The van der Waals surface area contributed by atoms with E-state index in [-0.39, 0.29) is 29.6 Å². The van der Waals surface area contributed by atoms with Gasteiger partial charge in [-0.1, -0.05) is 41.9 Å². The van der Waals surface area contributed by atoms with Crippen LogP contribution in [0.5, 0.6) is 0 Å². The van der Waals surface area contributed by atoms with Crippen molar-refractivity contribution in [3.8, 4) is 16.9 Å². The molecular weight excluding hydrogens is 457 g/mol. The molecule has 0 aliphatic rings. The van der Waals surface area contributed by atoms with Gasteiger partial charge in [-0.25, -0.2) is 14.2 Å². The van der Waals surface area contributed by atoms with Crippen LogP contribution in [0.3, 0.4) is 0 Å². The number of hydrogen-bond donors (Lipinski definition) is 2. The minimum absolute atomic E-state index is 0.0467. The fourth-order valence-electron chi connectivity index (χ4n) is 3.25. The van der Waals surface area contributed by atoms with E-state index in [4.69, 9.17) is 11.6 Å². The van der Waals surface area contributed by atoms with Crippen molar-refractivity contribution in [1.82, 2.24) is 19.8 Å². The van der Waals surface area contributed by atoms with E-state index in [1.54, 1.807) is 16.8 Å². The molecule has 1 aromatic heterocycles. The average Bonchev–Trinajstić information content (AvgIpc) is 3.16. The zero-order chi connectivity index (χ0) is 25.0. The molecule has 0 radical (unpaired) electrons. The fraction of sp³-hybridized carbons (Fsp3) is 0.320. The molecule has 0 spiro atoms. The molecular formula is C25H29ClFN5O2. The van der Waals surface area contributed by atoms with Gasteiger partial charge in [0.2, 0.25) is 11.9 Å². The van der Waals surface area contributed by atoms with Crippen LogP contribution in [0.15, 0.2) is 54.7 Å². The maximum Gasteiger partial charge on any atom is 0.318 e. The molecule has 0 fully saturated rings. The highest BCUT2D eigenvalue weighted by Crippen LogP contribution is 2.26. The van der Waals surface area contributed by atoms with Crippen molar-refractivity contribution >= 4 is 29.5 Å². The van der Waals surface area contributed by atoms with E-state index in [1.807, 2.05) is 65.0 Å². The number of hydrogen-bond acceptors (Lipinski definition) is 3. The molecule has 7 nitrogen and oxygen atoms in total. The van der Waals surface area contributed by atoms with E-state index in [1.165, 1.54) is 17.0 Å². The Labute approximate surface area is 203 Å².